The summed E-state index contributed by atoms with van der Waals surface area (Å²) >= 11 is 0. The Bertz CT molecular complexity index is 304. The maximum atomic E-state index is 12.1. The molecule has 1 fully saturated rings. The lowest BCUT2D eigenvalue weighted by molar-refractivity contribution is -0.145. The molecule has 1 saturated heterocycles. The first-order valence-corrected chi connectivity index (χ1v) is 5.43. The lowest BCUT2D eigenvalue weighted by Crippen LogP contribution is -2.56. The van der Waals surface area contributed by atoms with Gasteiger partial charge in [-0.15, -0.1) is 0 Å². The predicted octanol–water partition coefficient (Wildman–Crippen LogP) is 0.299. The minimum Gasteiger partial charge on any atom is -0.353 e. The molecular formula is C11H16N2O2. The van der Waals surface area contributed by atoms with Gasteiger partial charge in [0.05, 0.1) is 0 Å². The van der Waals surface area contributed by atoms with Crippen molar-refractivity contribution in [3.05, 3.63) is 12.2 Å². The fourth-order valence-electron chi connectivity index (χ4n) is 2.14. The number of hydrogen-bond donors (Lipinski definition) is 1. The molecule has 82 valence electrons. The predicted molar refractivity (Wildman–Crippen MR) is 56.0 cm³/mol. The van der Waals surface area contributed by atoms with Crippen molar-refractivity contribution in [3.8, 4) is 0 Å². The van der Waals surface area contributed by atoms with Gasteiger partial charge in [0.15, 0.2) is 0 Å². The standard InChI is InChI=1S/C11H16N2O2/c1-8-10(14)12-6-7-13(8)11(15)9-4-2-3-5-9/h2-3,8-9H,4-7H2,1H3,(H,12,14). The third-order valence-corrected chi connectivity index (χ3v) is 3.14. The van der Waals surface area contributed by atoms with Crippen molar-refractivity contribution < 1.29 is 9.59 Å². The first-order chi connectivity index (χ1) is 7.20. The quantitative estimate of drug-likeness (QED) is 0.630. The van der Waals surface area contributed by atoms with Crippen molar-refractivity contribution in [2.24, 2.45) is 5.92 Å². The molecule has 4 nitrogen and oxygen atoms in total. The average molecular weight is 208 g/mol. The van der Waals surface area contributed by atoms with Crippen LogP contribution in [0.3, 0.4) is 0 Å². The van der Waals surface area contributed by atoms with Crippen LogP contribution in [0.5, 0.6) is 0 Å². The van der Waals surface area contributed by atoms with Crippen LogP contribution < -0.4 is 5.32 Å². The number of allylic oxidation sites excluding steroid dienone is 2. The van der Waals surface area contributed by atoms with Gasteiger partial charge in [0.25, 0.3) is 0 Å². The minimum absolute atomic E-state index is 0.0412. The molecular weight excluding hydrogens is 192 g/mol. The topological polar surface area (TPSA) is 49.4 Å². The van der Waals surface area contributed by atoms with E-state index in [-0.39, 0.29) is 23.8 Å². The lowest BCUT2D eigenvalue weighted by atomic mass is 10.0. The van der Waals surface area contributed by atoms with Crippen molar-refractivity contribution in [1.29, 1.82) is 0 Å². The number of nitrogens with zero attached hydrogens (tertiary/aromatic N) is 1. The average Bonchev–Trinajstić information content (AvgIpc) is 2.74. The summed E-state index contributed by atoms with van der Waals surface area (Å²) < 4.78 is 0. The first kappa shape index (κ1) is 10.2. The third-order valence-electron chi connectivity index (χ3n) is 3.14. The Morgan fingerprint density at radius 2 is 2.13 bits per heavy atom. The van der Waals surface area contributed by atoms with Crippen molar-refractivity contribution in [2.45, 2.75) is 25.8 Å². The van der Waals surface area contributed by atoms with Crippen molar-refractivity contribution >= 4 is 11.8 Å². The molecule has 2 rings (SSSR count). The molecule has 0 aromatic rings. The second kappa shape index (κ2) is 4.04. The largest absolute Gasteiger partial charge is 0.353 e. The van der Waals surface area contributed by atoms with E-state index in [1.54, 1.807) is 11.8 Å². The van der Waals surface area contributed by atoms with E-state index in [0.717, 1.165) is 12.8 Å². The van der Waals surface area contributed by atoms with Gasteiger partial charge < -0.3 is 10.2 Å². The summed E-state index contributed by atoms with van der Waals surface area (Å²) in [5.41, 5.74) is 0. The highest BCUT2D eigenvalue weighted by Crippen LogP contribution is 2.21. The summed E-state index contributed by atoms with van der Waals surface area (Å²) in [4.78, 5) is 25.2. The molecule has 0 bridgehead atoms. The molecule has 1 heterocycles. The molecule has 0 saturated carbocycles. The highest BCUT2D eigenvalue weighted by atomic mass is 16.2. The number of nitrogens with one attached hydrogen (secondary N) is 1. The maximum Gasteiger partial charge on any atom is 0.242 e. The molecule has 4 heteroatoms. The van der Waals surface area contributed by atoms with Gasteiger partial charge in [-0.3, -0.25) is 9.59 Å². The Morgan fingerprint density at radius 1 is 1.47 bits per heavy atom. The van der Waals surface area contributed by atoms with Crippen molar-refractivity contribution in [1.82, 2.24) is 10.2 Å². The summed E-state index contributed by atoms with van der Waals surface area (Å²) in [5.74, 6) is 0.154. The second-order valence-corrected chi connectivity index (χ2v) is 4.14. The molecule has 1 aliphatic carbocycles. The summed E-state index contributed by atoms with van der Waals surface area (Å²) in [7, 11) is 0. The first-order valence-electron chi connectivity index (χ1n) is 5.43. The normalized spacial score (nSPS) is 26.9. The summed E-state index contributed by atoms with van der Waals surface area (Å²) in [6.07, 6.45) is 5.72. The number of amides is 2. The monoisotopic (exact) mass is 208 g/mol. The lowest BCUT2D eigenvalue weighted by Gasteiger charge is -2.34. The molecule has 1 atom stereocenters. The molecule has 15 heavy (non-hydrogen) atoms. The fourth-order valence-corrected chi connectivity index (χ4v) is 2.14. The Hall–Kier alpha value is -1.32. The maximum absolute atomic E-state index is 12.1. The van der Waals surface area contributed by atoms with E-state index < -0.39 is 0 Å². The van der Waals surface area contributed by atoms with Crippen LogP contribution in [0.4, 0.5) is 0 Å². The highest BCUT2D eigenvalue weighted by molar-refractivity contribution is 5.89. The summed E-state index contributed by atoms with van der Waals surface area (Å²) in [6, 6.07) is -0.313. The molecule has 0 aromatic carbocycles. The van der Waals surface area contributed by atoms with Crippen LogP contribution in [0.25, 0.3) is 0 Å². The van der Waals surface area contributed by atoms with Gasteiger partial charge in [0.2, 0.25) is 11.8 Å². The van der Waals surface area contributed by atoms with Crippen LogP contribution >= 0.6 is 0 Å². The van der Waals surface area contributed by atoms with Crippen LogP contribution in [0.2, 0.25) is 0 Å². The van der Waals surface area contributed by atoms with Gasteiger partial charge in [0, 0.05) is 19.0 Å². The zero-order valence-corrected chi connectivity index (χ0v) is 8.90. The molecule has 1 unspecified atom stereocenters. The minimum atomic E-state index is -0.313. The fraction of sp³-hybridized carbons (Fsp3) is 0.636. The summed E-state index contributed by atoms with van der Waals surface area (Å²) in [6.45, 7) is 3.01. The Morgan fingerprint density at radius 3 is 2.80 bits per heavy atom. The molecule has 1 aliphatic heterocycles. The zero-order chi connectivity index (χ0) is 10.8. The van der Waals surface area contributed by atoms with Gasteiger partial charge in [-0.2, -0.15) is 0 Å². The number of carbonyl (C=O) groups excluding carboxylic acids is 2. The number of hydrogen-bond acceptors (Lipinski definition) is 2. The third kappa shape index (κ3) is 1.89. The Balaban J connectivity index is 2.02. The van der Waals surface area contributed by atoms with Crippen LogP contribution in [0.1, 0.15) is 19.8 Å². The van der Waals surface area contributed by atoms with Crippen molar-refractivity contribution in [2.75, 3.05) is 13.1 Å². The smallest absolute Gasteiger partial charge is 0.242 e. The zero-order valence-electron chi connectivity index (χ0n) is 8.90. The van der Waals surface area contributed by atoms with E-state index in [4.69, 9.17) is 0 Å². The van der Waals surface area contributed by atoms with E-state index in [2.05, 4.69) is 5.32 Å². The number of carbonyl (C=O) groups is 2. The van der Waals surface area contributed by atoms with Crippen LogP contribution in [-0.2, 0) is 9.59 Å². The van der Waals surface area contributed by atoms with Gasteiger partial charge in [-0.1, -0.05) is 12.2 Å². The van der Waals surface area contributed by atoms with Gasteiger partial charge in [-0.05, 0) is 19.8 Å². The van der Waals surface area contributed by atoms with Crippen LogP contribution in [0, 0.1) is 5.92 Å². The summed E-state index contributed by atoms with van der Waals surface area (Å²) in [5, 5.41) is 2.76. The van der Waals surface area contributed by atoms with Gasteiger partial charge >= 0.3 is 0 Å². The van der Waals surface area contributed by atoms with Gasteiger partial charge in [-0.25, -0.2) is 0 Å². The van der Waals surface area contributed by atoms with E-state index in [9.17, 15) is 9.59 Å². The number of rotatable bonds is 1. The van der Waals surface area contributed by atoms with E-state index in [1.165, 1.54) is 0 Å². The molecule has 0 aromatic heterocycles. The molecule has 2 amide bonds. The Labute approximate surface area is 89.3 Å². The van der Waals surface area contributed by atoms with Crippen LogP contribution in [-0.4, -0.2) is 35.8 Å². The SMILES string of the molecule is CC1C(=O)NCCN1C(=O)C1CC=CC1. The number of piperazine rings is 1. The molecule has 0 spiro atoms. The van der Waals surface area contributed by atoms with E-state index in [1.807, 2.05) is 12.2 Å². The van der Waals surface area contributed by atoms with Crippen molar-refractivity contribution in [3.63, 3.8) is 0 Å². The molecule has 1 N–H and O–H groups in total. The molecule has 0 radical (unpaired) electrons. The Kier molecular flexibility index (Phi) is 2.75. The van der Waals surface area contributed by atoms with Gasteiger partial charge in [0.1, 0.15) is 6.04 Å². The van der Waals surface area contributed by atoms with E-state index >= 15 is 0 Å². The second-order valence-electron chi connectivity index (χ2n) is 4.14. The van der Waals surface area contributed by atoms with Crippen LogP contribution in [0.15, 0.2) is 12.2 Å². The molecule has 2 aliphatic rings. The highest BCUT2D eigenvalue weighted by Gasteiger charge is 2.33. The van der Waals surface area contributed by atoms with E-state index in [0.29, 0.717) is 13.1 Å².